The molecule has 48 valence electrons. The summed E-state index contributed by atoms with van der Waals surface area (Å²) >= 11 is 0. The molecule has 0 amide bonds. The first kappa shape index (κ1) is 6.48. The standard InChI is InChI=1S/C6H12FP/c7-5-1-3-6(8)4-2-5/h5-6H,1-4,8H2. The Hall–Kier alpha value is 0.360. The van der Waals surface area contributed by atoms with E-state index in [-0.39, 0.29) is 0 Å². The van der Waals surface area contributed by atoms with Crippen molar-refractivity contribution in [3.63, 3.8) is 0 Å². The molecule has 1 aliphatic carbocycles. The minimum absolute atomic E-state index is 0.494. The lowest BCUT2D eigenvalue weighted by atomic mass is 9.98. The molecule has 0 aromatic heterocycles. The second-order valence-electron chi connectivity index (χ2n) is 2.51. The van der Waals surface area contributed by atoms with Crippen LogP contribution in [0.5, 0.6) is 0 Å². The summed E-state index contributed by atoms with van der Waals surface area (Å²) in [5.41, 5.74) is 0.696. The van der Waals surface area contributed by atoms with Gasteiger partial charge in [0.1, 0.15) is 6.17 Å². The molecule has 1 atom stereocenters. The van der Waals surface area contributed by atoms with Crippen LogP contribution in [0.2, 0.25) is 0 Å². The molecular formula is C6H12FP. The fraction of sp³-hybridized carbons (Fsp3) is 1.00. The van der Waals surface area contributed by atoms with Gasteiger partial charge in [-0.05, 0) is 31.3 Å². The number of hydrogen-bond donors (Lipinski definition) is 0. The van der Waals surface area contributed by atoms with E-state index in [2.05, 4.69) is 9.24 Å². The summed E-state index contributed by atoms with van der Waals surface area (Å²) in [4.78, 5) is 0. The first-order chi connectivity index (χ1) is 3.79. The van der Waals surface area contributed by atoms with Crippen molar-refractivity contribution < 1.29 is 4.39 Å². The fourth-order valence-corrected chi connectivity index (χ4v) is 1.46. The van der Waals surface area contributed by atoms with Gasteiger partial charge in [-0.25, -0.2) is 4.39 Å². The molecule has 0 nitrogen and oxygen atoms in total. The molecule has 0 saturated heterocycles. The average molecular weight is 134 g/mol. The van der Waals surface area contributed by atoms with Gasteiger partial charge in [-0.3, -0.25) is 0 Å². The molecule has 1 rings (SSSR count). The first-order valence-corrected chi connectivity index (χ1v) is 3.85. The van der Waals surface area contributed by atoms with E-state index in [1.165, 1.54) is 0 Å². The van der Waals surface area contributed by atoms with Gasteiger partial charge >= 0.3 is 0 Å². The molecule has 1 fully saturated rings. The molecule has 0 spiro atoms. The van der Waals surface area contributed by atoms with Crippen molar-refractivity contribution in [3.8, 4) is 0 Å². The molecular weight excluding hydrogens is 122 g/mol. The molecule has 1 aliphatic rings. The molecule has 2 heteroatoms. The van der Waals surface area contributed by atoms with E-state index in [0.717, 1.165) is 25.7 Å². The Bertz CT molecular complexity index is 56.9. The minimum Gasteiger partial charge on any atom is -0.247 e. The summed E-state index contributed by atoms with van der Waals surface area (Å²) in [6.45, 7) is 0. The lowest BCUT2D eigenvalue weighted by Gasteiger charge is -2.19. The predicted octanol–water partition coefficient (Wildman–Crippen LogP) is 2.14. The topological polar surface area (TPSA) is 0 Å². The summed E-state index contributed by atoms with van der Waals surface area (Å²) in [7, 11) is 2.76. The Labute approximate surface area is 52.1 Å². The van der Waals surface area contributed by atoms with Crippen LogP contribution in [0.25, 0.3) is 0 Å². The summed E-state index contributed by atoms with van der Waals surface area (Å²) < 4.78 is 12.3. The smallest absolute Gasteiger partial charge is 0.100 e. The lowest BCUT2D eigenvalue weighted by Crippen LogP contribution is -2.13. The SMILES string of the molecule is FC1CCC(P)CC1. The zero-order chi connectivity index (χ0) is 5.98. The Morgan fingerprint density at radius 3 is 2.00 bits per heavy atom. The summed E-state index contributed by atoms with van der Waals surface area (Å²) in [6.07, 6.45) is 3.20. The Balaban J connectivity index is 2.19. The fourth-order valence-electron chi connectivity index (χ4n) is 1.08. The third-order valence-corrected chi connectivity index (χ3v) is 2.37. The van der Waals surface area contributed by atoms with Crippen LogP contribution in [-0.2, 0) is 0 Å². The first-order valence-electron chi connectivity index (χ1n) is 3.18. The van der Waals surface area contributed by atoms with E-state index in [4.69, 9.17) is 0 Å². The van der Waals surface area contributed by atoms with Crippen LogP contribution in [0.15, 0.2) is 0 Å². The molecule has 0 heterocycles. The number of halogens is 1. The van der Waals surface area contributed by atoms with Gasteiger partial charge < -0.3 is 0 Å². The van der Waals surface area contributed by atoms with Crippen LogP contribution in [0.1, 0.15) is 25.7 Å². The summed E-state index contributed by atoms with van der Waals surface area (Å²) in [5, 5.41) is 0. The average Bonchev–Trinajstić information content (AvgIpc) is 1.77. The second kappa shape index (κ2) is 2.77. The highest BCUT2D eigenvalue weighted by Crippen LogP contribution is 2.25. The molecule has 1 unspecified atom stereocenters. The van der Waals surface area contributed by atoms with Crippen LogP contribution in [0, 0.1) is 0 Å². The normalized spacial score (nSPS) is 39.8. The molecule has 0 aromatic rings. The maximum atomic E-state index is 12.3. The van der Waals surface area contributed by atoms with E-state index in [9.17, 15) is 4.39 Å². The highest BCUT2D eigenvalue weighted by Gasteiger charge is 2.16. The number of alkyl halides is 1. The molecule has 0 radical (unpaired) electrons. The van der Waals surface area contributed by atoms with Crippen molar-refractivity contribution in [1.82, 2.24) is 0 Å². The summed E-state index contributed by atoms with van der Waals surface area (Å²) in [5.74, 6) is 0. The van der Waals surface area contributed by atoms with E-state index in [1.807, 2.05) is 0 Å². The van der Waals surface area contributed by atoms with Gasteiger partial charge in [0.25, 0.3) is 0 Å². The van der Waals surface area contributed by atoms with Crippen molar-refractivity contribution >= 4 is 9.24 Å². The van der Waals surface area contributed by atoms with Crippen LogP contribution in [0.4, 0.5) is 4.39 Å². The molecule has 0 N–H and O–H groups in total. The number of rotatable bonds is 0. The zero-order valence-electron chi connectivity index (χ0n) is 4.94. The van der Waals surface area contributed by atoms with Crippen LogP contribution in [0.3, 0.4) is 0 Å². The van der Waals surface area contributed by atoms with Gasteiger partial charge in [-0.15, -0.1) is 9.24 Å². The van der Waals surface area contributed by atoms with Gasteiger partial charge in [-0.2, -0.15) is 0 Å². The van der Waals surface area contributed by atoms with Crippen LogP contribution in [-0.4, -0.2) is 11.8 Å². The van der Waals surface area contributed by atoms with E-state index >= 15 is 0 Å². The Morgan fingerprint density at radius 1 is 1.12 bits per heavy atom. The Kier molecular flexibility index (Phi) is 2.25. The van der Waals surface area contributed by atoms with Gasteiger partial charge in [0.15, 0.2) is 0 Å². The molecule has 8 heavy (non-hydrogen) atoms. The van der Waals surface area contributed by atoms with Gasteiger partial charge in [0.2, 0.25) is 0 Å². The van der Waals surface area contributed by atoms with Crippen molar-refractivity contribution in [3.05, 3.63) is 0 Å². The van der Waals surface area contributed by atoms with E-state index in [1.54, 1.807) is 0 Å². The van der Waals surface area contributed by atoms with Crippen molar-refractivity contribution in [2.24, 2.45) is 0 Å². The maximum absolute atomic E-state index is 12.3. The quantitative estimate of drug-likeness (QED) is 0.445. The van der Waals surface area contributed by atoms with Gasteiger partial charge in [0.05, 0.1) is 0 Å². The number of hydrogen-bond acceptors (Lipinski definition) is 0. The zero-order valence-corrected chi connectivity index (χ0v) is 6.09. The highest BCUT2D eigenvalue weighted by atomic mass is 31.0. The van der Waals surface area contributed by atoms with Gasteiger partial charge in [-0.1, -0.05) is 0 Å². The van der Waals surface area contributed by atoms with E-state index < -0.39 is 6.17 Å². The highest BCUT2D eigenvalue weighted by molar-refractivity contribution is 7.17. The molecule has 1 saturated carbocycles. The molecule has 0 aromatic carbocycles. The van der Waals surface area contributed by atoms with Crippen molar-refractivity contribution in [2.75, 3.05) is 0 Å². The predicted molar refractivity (Wildman–Crippen MR) is 36.9 cm³/mol. The lowest BCUT2D eigenvalue weighted by molar-refractivity contribution is 0.255. The van der Waals surface area contributed by atoms with Crippen LogP contribution >= 0.6 is 9.24 Å². The maximum Gasteiger partial charge on any atom is 0.100 e. The molecule has 0 bridgehead atoms. The Morgan fingerprint density at radius 2 is 1.62 bits per heavy atom. The largest absolute Gasteiger partial charge is 0.247 e. The third kappa shape index (κ3) is 1.70. The second-order valence-corrected chi connectivity index (χ2v) is 3.45. The van der Waals surface area contributed by atoms with Crippen molar-refractivity contribution in [2.45, 2.75) is 37.5 Å². The monoisotopic (exact) mass is 134 g/mol. The van der Waals surface area contributed by atoms with Gasteiger partial charge in [0, 0.05) is 0 Å². The van der Waals surface area contributed by atoms with Crippen LogP contribution < -0.4 is 0 Å². The summed E-state index contributed by atoms with van der Waals surface area (Å²) in [6, 6.07) is 0. The third-order valence-electron chi connectivity index (χ3n) is 1.70. The van der Waals surface area contributed by atoms with E-state index in [0.29, 0.717) is 5.66 Å². The molecule has 0 aliphatic heterocycles. The van der Waals surface area contributed by atoms with Crippen molar-refractivity contribution in [1.29, 1.82) is 0 Å². The minimum atomic E-state index is -0.494.